The van der Waals surface area contributed by atoms with E-state index in [0.717, 1.165) is 22.4 Å². The normalized spacial score (nSPS) is 20.5. The number of anilines is 1. The number of ether oxygens (including phenoxy) is 1. The fraction of sp³-hybridized carbons (Fsp3) is 0.237. The molecule has 2 aliphatic rings. The van der Waals surface area contributed by atoms with Crippen molar-refractivity contribution in [2.24, 2.45) is 17.8 Å². The number of carbonyl (C=O) groups excluding carboxylic acids is 2. The summed E-state index contributed by atoms with van der Waals surface area (Å²) in [6.07, 6.45) is 3.62. The number of imide groups is 1. The van der Waals surface area contributed by atoms with Crippen molar-refractivity contribution in [1.29, 1.82) is 0 Å². The SMILES string of the molecule is O=C1[C@@H]2[C@@H](CC(COc3ccccc3)=C([C@H](O)CC/C(=C/c3ccc(O)cc3)c3ccccn3)[C@@H]2CO)C(=O)N1c1ccccc1. The van der Waals surface area contributed by atoms with Crippen molar-refractivity contribution in [3.63, 3.8) is 0 Å². The molecular weight excluding hydrogens is 580 g/mol. The smallest absolute Gasteiger partial charge is 0.238 e. The standard InChI is InChI=1S/C38H36N2O6/c41-23-32-35(34(43)19-16-26(33-13-7-8-20-39-33)21-25-14-17-29(42)18-15-25)27(24-46-30-11-5-2-6-12-30)22-31-36(32)38(45)40(37(31)44)28-9-3-1-4-10-28/h1-15,17-18,20-21,31-32,34,36,41-43H,16,19,22-24H2/b26-21-/t31-,32+,34-,36-/m1/s1. The first kappa shape index (κ1) is 31.0. The van der Waals surface area contributed by atoms with E-state index in [1.54, 1.807) is 54.7 Å². The van der Waals surface area contributed by atoms with Crippen LogP contribution in [0.25, 0.3) is 11.6 Å². The molecule has 1 fully saturated rings. The average molecular weight is 617 g/mol. The van der Waals surface area contributed by atoms with Gasteiger partial charge in [-0.2, -0.15) is 0 Å². The molecule has 2 heterocycles. The van der Waals surface area contributed by atoms with Crippen LogP contribution in [0.5, 0.6) is 11.5 Å². The summed E-state index contributed by atoms with van der Waals surface area (Å²) in [5.41, 5.74) is 4.27. The first-order chi connectivity index (χ1) is 22.4. The highest BCUT2D eigenvalue weighted by atomic mass is 16.5. The maximum atomic E-state index is 13.9. The number of carbonyl (C=O) groups is 2. The first-order valence-corrected chi connectivity index (χ1v) is 15.5. The average Bonchev–Trinajstić information content (AvgIpc) is 3.35. The molecule has 1 saturated heterocycles. The Morgan fingerprint density at radius 2 is 1.61 bits per heavy atom. The number of aliphatic hydroxyl groups excluding tert-OH is 2. The highest BCUT2D eigenvalue weighted by Crippen LogP contribution is 2.47. The summed E-state index contributed by atoms with van der Waals surface area (Å²) in [5.74, 6) is -2.10. The summed E-state index contributed by atoms with van der Waals surface area (Å²) >= 11 is 0. The van der Waals surface area contributed by atoms with Crippen molar-refractivity contribution >= 4 is 29.2 Å². The number of hydrogen-bond donors (Lipinski definition) is 3. The molecule has 2 amide bonds. The van der Waals surface area contributed by atoms with Gasteiger partial charge >= 0.3 is 0 Å². The monoisotopic (exact) mass is 616 g/mol. The maximum Gasteiger partial charge on any atom is 0.238 e. The minimum atomic E-state index is -1.02. The molecule has 4 aromatic rings. The minimum Gasteiger partial charge on any atom is -0.508 e. The number of phenols is 1. The number of rotatable bonds is 11. The van der Waals surface area contributed by atoms with Gasteiger partial charge in [0.1, 0.15) is 18.1 Å². The lowest BCUT2D eigenvalue weighted by atomic mass is 9.68. The lowest BCUT2D eigenvalue weighted by Crippen LogP contribution is -2.40. The zero-order valence-corrected chi connectivity index (χ0v) is 25.3. The van der Waals surface area contributed by atoms with Crippen molar-refractivity contribution in [3.05, 3.63) is 132 Å². The number of hydrogen-bond acceptors (Lipinski definition) is 7. The van der Waals surface area contributed by atoms with Crippen molar-refractivity contribution < 1.29 is 29.6 Å². The van der Waals surface area contributed by atoms with Gasteiger partial charge in [0.05, 0.1) is 35.9 Å². The molecule has 8 heteroatoms. The number of aromatic nitrogens is 1. The van der Waals surface area contributed by atoms with E-state index >= 15 is 0 Å². The highest BCUT2D eigenvalue weighted by Gasteiger charge is 2.55. The number of fused-ring (bicyclic) bond motifs is 1. The van der Waals surface area contributed by atoms with Crippen molar-refractivity contribution in [1.82, 2.24) is 4.98 Å². The Labute approximate surface area is 267 Å². The van der Waals surface area contributed by atoms with Crippen LogP contribution >= 0.6 is 0 Å². The molecule has 0 saturated carbocycles. The molecule has 0 unspecified atom stereocenters. The van der Waals surface area contributed by atoms with Crippen LogP contribution in [0, 0.1) is 17.8 Å². The Bertz CT molecular complexity index is 1720. The molecule has 6 rings (SSSR count). The van der Waals surface area contributed by atoms with Gasteiger partial charge in [0.15, 0.2) is 0 Å². The van der Waals surface area contributed by atoms with Crippen LogP contribution in [-0.2, 0) is 9.59 Å². The van der Waals surface area contributed by atoms with Crippen LogP contribution in [0.1, 0.15) is 30.5 Å². The maximum absolute atomic E-state index is 13.9. The fourth-order valence-corrected chi connectivity index (χ4v) is 6.66. The van der Waals surface area contributed by atoms with E-state index < -0.39 is 30.5 Å². The number of pyridine rings is 1. The number of para-hydroxylation sites is 2. The van der Waals surface area contributed by atoms with E-state index in [2.05, 4.69) is 4.98 Å². The summed E-state index contributed by atoms with van der Waals surface area (Å²) < 4.78 is 6.12. The fourth-order valence-electron chi connectivity index (χ4n) is 6.66. The van der Waals surface area contributed by atoms with Gasteiger partial charge in [0.25, 0.3) is 0 Å². The van der Waals surface area contributed by atoms with Crippen LogP contribution < -0.4 is 9.64 Å². The summed E-state index contributed by atoms with van der Waals surface area (Å²) in [6.45, 7) is -0.292. The first-order valence-electron chi connectivity index (χ1n) is 15.5. The van der Waals surface area contributed by atoms with E-state index in [1.807, 2.05) is 60.7 Å². The number of nitrogens with zero attached hydrogens (tertiary/aromatic N) is 2. The van der Waals surface area contributed by atoms with Crippen LogP contribution in [0.4, 0.5) is 5.69 Å². The zero-order valence-electron chi connectivity index (χ0n) is 25.3. The second-order valence-electron chi connectivity index (χ2n) is 11.7. The van der Waals surface area contributed by atoms with Gasteiger partial charge in [0.2, 0.25) is 11.8 Å². The van der Waals surface area contributed by atoms with Gasteiger partial charge in [-0.05, 0) is 96.2 Å². The van der Waals surface area contributed by atoms with E-state index in [9.17, 15) is 24.9 Å². The van der Waals surface area contributed by atoms with E-state index in [-0.39, 0.29) is 37.0 Å². The largest absolute Gasteiger partial charge is 0.508 e. The zero-order chi connectivity index (χ0) is 32.0. The molecule has 3 aromatic carbocycles. The molecule has 234 valence electrons. The Morgan fingerprint density at radius 1 is 0.913 bits per heavy atom. The molecule has 1 aliphatic carbocycles. The Morgan fingerprint density at radius 3 is 2.28 bits per heavy atom. The molecule has 1 aliphatic heterocycles. The molecule has 4 atom stereocenters. The Hall–Kier alpha value is -5.05. The third-order valence-electron chi connectivity index (χ3n) is 8.83. The topological polar surface area (TPSA) is 120 Å². The second kappa shape index (κ2) is 13.9. The predicted molar refractivity (Wildman–Crippen MR) is 176 cm³/mol. The van der Waals surface area contributed by atoms with E-state index in [1.165, 1.54) is 4.90 Å². The van der Waals surface area contributed by atoms with Crippen LogP contribution in [0.2, 0.25) is 0 Å². The Kier molecular flexibility index (Phi) is 9.38. The van der Waals surface area contributed by atoms with Crippen LogP contribution in [0.15, 0.2) is 120 Å². The number of benzene rings is 3. The second-order valence-corrected chi connectivity index (χ2v) is 11.7. The third-order valence-corrected chi connectivity index (χ3v) is 8.83. The van der Waals surface area contributed by atoms with Crippen molar-refractivity contribution in [3.8, 4) is 11.5 Å². The highest BCUT2D eigenvalue weighted by molar-refractivity contribution is 6.22. The summed E-state index contributed by atoms with van der Waals surface area (Å²) in [7, 11) is 0. The van der Waals surface area contributed by atoms with Gasteiger partial charge < -0.3 is 20.1 Å². The van der Waals surface area contributed by atoms with Gasteiger partial charge in [-0.3, -0.25) is 19.5 Å². The lowest BCUT2D eigenvalue weighted by Gasteiger charge is -2.36. The molecule has 1 aromatic heterocycles. The minimum absolute atomic E-state index is 0.110. The molecule has 46 heavy (non-hydrogen) atoms. The summed E-state index contributed by atoms with van der Waals surface area (Å²) in [6, 6.07) is 30.6. The van der Waals surface area contributed by atoms with Crippen LogP contribution in [-0.4, -0.2) is 51.4 Å². The number of aliphatic hydroxyl groups is 2. The van der Waals surface area contributed by atoms with E-state index in [4.69, 9.17) is 4.74 Å². The predicted octanol–water partition coefficient (Wildman–Crippen LogP) is 5.66. The van der Waals surface area contributed by atoms with Gasteiger partial charge in [0, 0.05) is 12.1 Å². The van der Waals surface area contributed by atoms with Crippen LogP contribution in [0.3, 0.4) is 0 Å². The van der Waals surface area contributed by atoms with Gasteiger partial charge in [-0.25, -0.2) is 0 Å². The molecule has 8 nitrogen and oxygen atoms in total. The lowest BCUT2D eigenvalue weighted by molar-refractivity contribution is -0.123. The molecule has 0 bridgehead atoms. The van der Waals surface area contributed by atoms with Gasteiger partial charge in [-0.1, -0.05) is 54.6 Å². The molecular formula is C38H36N2O6. The van der Waals surface area contributed by atoms with Crippen molar-refractivity contribution in [2.45, 2.75) is 25.4 Å². The van der Waals surface area contributed by atoms with Gasteiger partial charge in [-0.15, -0.1) is 0 Å². The van der Waals surface area contributed by atoms with E-state index in [0.29, 0.717) is 23.4 Å². The molecule has 0 radical (unpaired) electrons. The number of allylic oxidation sites excluding steroid dienone is 1. The molecule has 3 N–H and O–H groups in total. The summed E-state index contributed by atoms with van der Waals surface area (Å²) in [5, 5.41) is 32.4. The quantitative estimate of drug-likeness (QED) is 0.147. The molecule has 0 spiro atoms. The number of phenolic OH excluding ortho intramolecular Hbond substituents is 1. The number of aromatic hydroxyl groups is 1. The third kappa shape index (κ3) is 6.49. The van der Waals surface area contributed by atoms with Crippen molar-refractivity contribution in [2.75, 3.05) is 18.1 Å². The Balaban J connectivity index is 1.33. The summed E-state index contributed by atoms with van der Waals surface area (Å²) in [4.78, 5) is 33.4. The number of amides is 2.